The summed E-state index contributed by atoms with van der Waals surface area (Å²) in [6.45, 7) is 1.98. The molecule has 0 fully saturated rings. The van der Waals surface area contributed by atoms with E-state index in [0.29, 0.717) is 0 Å². The van der Waals surface area contributed by atoms with Crippen molar-refractivity contribution in [3.05, 3.63) is 29.5 Å². The number of benzene rings is 1. The first-order chi connectivity index (χ1) is 7.17. The highest BCUT2D eigenvalue weighted by atomic mass is 16.5. The Labute approximate surface area is 88.3 Å². The third-order valence-electron chi connectivity index (χ3n) is 2.65. The van der Waals surface area contributed by atoms with Crippen molar-refractivity contribution in [2.75, 3.05) is 7.11 Å². The maximum absolute atomic E-state index is 10.9. The van der Waals surface area contributed by atoms with Gasteiger partial charge in [-0.3, -0.25) is 4.79 Å². The molecule has 0 N–H and O–H groups in total. The SMILES string of the molecule is COc1cc(C)c2c(C=O)cn(C)c2c1. The molecule has 2 aromatic rings. The average Bonchev–Trinajstić information content (AvgIpc) is 2.56. The van der Waals surface area contributed by atoms with Gasteiger partial charge in [0.25, 0.3) is 0 Å². The number of rotatable bonds is 2. The van der Waals surface area contributed by atoms with Gasteiger partial charge in [-0.15, -0.1) is 0 Å². The van der Waals surface area contributed by atoms with E-state index in [1.165, 1.54) is 0 Å². The Morgan fingerprint density at radius 2 is 2.13 bits per heavy atom. The number of carbonyl (C=O) groups excluding carboxylic acids is 1. The number of methoxy groups -OCH3 is 1. The highest BCUT2D eigenvalue weighted by Gasteiger charge is 2.09. The van der Waals surface area contributed by atoms with Crippen molar-refractivity contribution in [2.24, 2.45) is 7.05 Å². The molecule has 0 unspecified atom stereocenters. The van der Waals surface area contributed by atoms with E-state index in [2.05, 4.69) is 0 Å². The second-order valence-corrected chi connectivity index (χ2v) is 3.65. The van der Waals surface area contributed by atoms with Crippen molar-refractivity contribution in [2.45, 2.75) is 6.92 Å². The first-order valence-electron chi connectivity index (χ1n) is 4.76. The molecule has 0 spiro atoms. The number of aryl methyl sites for hydroxylation is 2. The van der Waals surface area contributed by atoms with E-state index in [4.69, 9.17) is 4.74 Å². The number of aromatic nitrogens is 1. The molecule has 2 rings (SSSR count). The lowest BCUT2D eigenvalue weighted by molar-refractivity contribution is 0.112. The molecule has 0 bridgehead atoms. The monoisotopic (exact) mass is 203 g/mol. The van der Waals surface area contributed by atoms with Crippen LogP contribution in [0.15, 0.2) is 18.3 Å². The van der Waals surface area contributed by atoms with Crippen LogP contribution in [0.25, 0.3) is 10.9 Å². The number of aldehydes is 1. The fourth-order valence-electron chi connectivity index (χ4n) is 1.94. The number of hydrogen-bond donors (Lipinski definition) is 0. The van der Waals surface area contributed by atoms with E-state index in [9.17, 15) is 4.79 Å². The van der Waals surface area contributed by atoms with Crippen molar-refractivity contribution in [1.82, 2.24) is 4.57 Å². The molecule has 0 radical (unpaired) electrons. The summed E-state index contributed by atoms with van der Waals surface area (Å²) < 4.78 is 7.14. The molecule has 3 heteroatoms. The zero-order valence-corrected chi connectivity index (χ0v) is 9.07. The van der Waals surface area contributed by atoms with Gasteiger partial charge in [0.1, 0.15) is 5.75 Å². The number of ether oxygens (including phenoxy) is 1. The van der Waals surface area contributed by atoms with Crippen LogP contribution in [0.5, 0.6) is 5.75 Å². The lowest BCUT2D eigenvalue weighted by Gasteiger charge is -2.04. The minimum Gasteiger partial charge on any atom is -0.497 e. The van der Waals surface area contributed by atoms with Crippen LogP contribution >= 0.6 is 0 Å². The Kier molecular flexibility index (Phi) is 2.23. The van der Waals surface area contributed by atoms with Gasteiger partial charge in [-0.1, -0.05) is 0 Å². The zero-order valence-electron chi connectivity index (χ0n) is 9.07. The van der Waals surface area contributed by atoms with Crippen molar-refractivity contribution < 1.29 is 9.53 Å². The van der Waals surface area contributed by atoms with Gasteiger partial charge in [0, 0.05) is 30.3 Å². The summed E-state index contributed by atoms with van der Waals surface area (Å²) in [5.41, 5.74) is 2.81. The van der Waals surface area contributed by atoms with Crippen LogP contribution in [0.3, 0.4) is 0 Å². The number of carbonyl (C=O) groups is 1. The van der Waals surface area contributed by atoms with Crippen molar-refractivity contribution >= 4 is 17.2 Å². The molecule has 0 aliphatic carbocycles. The van der Waals surface area contributed by atoms with Gasteiger partial charge in [-0.05, 0) is 18.6 Å². The van der Waals surface area contributed by atoms with Crippen LogP contribution in [0, 0.1) is 6.92 Å². The molecule has 0 atom stereocenters. The Morgan fingerprint density at radius 1 is 1.40 bits per heavy atom. The molecule has 0 aliphatic heterocycles. The second-order valence-electron chi connectivity index (χ2n) is 3.65. The number of nitrogens with zero attached hydrogens (tertiary/aromatic N) is 1. The molecule has 1 aromatic carbocycles. The van der Waals surface area contributed by atoms with Crippen LogP contribution in [0.1, 0.15) is 15.9 Å². The predicted molar refractivity (Wildman–Crippen MR) is 59.6 cm³/mol. The van der Waals surface area contributed by atoms with Gasteiger partial charge in [0.05, 0.1) is 12.6 Å². The molecule has 1 heterocycles. The van der Waals surface area contributed by atoms with E-state index in [-0.39, 0.29) is 0 Å². The van der Waals surface area contributed by atoms with Gasteiger partial charge in [-0.2, -0.15) is 0 Å². The largest absolute Gasteiger partial charge is 0.497 e. The zero-order chi connectivity index (χ0) is 11.0. The summed E-state index contributed by atoms with van der Waals surface area (Å²) in [7, 11) is 3.57. The van der Waals surface area contributed by atoms with Gasteiger partial charge >= 0.3 is 0 Å². The molecular formula is C12H13NO2. The Bertz CT molecular complexity index is 526. The van der Waals surface area contributed by atoms with Gasteiger partial charge in [0.15, 0.2) is 6.29 Å². The topological polar surface area (TPSA) is 31.2 Å². The van der Waals surface area contributed by atoms with E-state index < -0.39 is 0 Å². The van der Waals surface area contributed by atoms with Crippen LogP contribution < -0.4 is 4.74 Å². The van der Waals surface area contributed by atoms with Gasteiger partial charge < -0.3 is 9.30 Å². The minimum absolute atomic E-state index is 0.729. The summed E-state index contributed by atoms with van der Waals surface area (Å²) in [6.07, 6.45) is 2.73. The highest BCUT2D eigenvalue weighted by Crippen LogP contribution is 2.27. The molecule has 0 amide bonds. The summed E-state index contributed by atoms with van der Waals surface area (Å²) in [6, 6.07) is 3.88. The van der Waals surface area contributed by atoms with E-state index in [0.717, 1.165) is 34.1 Å². The maximum Gasteiger partial charge on any atom is 0.152 e. The smallest absolute Gasteiger partial charge is 0.152 e. The molecule has 3 nitrogen and oxygen atoms in total. The number of fused-ring (bicyclic) bond motifs is 1. The van der Waals surface area contributed by atoms with Crippen molar-refractivity contribution in [3.8, 4) is 5.75 Å². The average molecular weight is 203 g/mol. The molecule has 1 aromatic heterocycles. The normalized spacial score (nSPS) is 10.6. The van der Waals surface area contributed by atoms with Crippen molar-refractivity contribution in [3.63, 3.8) is 0 Å². The fourth-order valence-corrected chi connectivity index (χ4v) is 1.94. The maximum atomic E-state index is 10.9. The van der Waals surface area contributed by atoms with Gasteiger partial charge in [-0.25, -0.2) is 0 Å². The van der Waals surface area contributed by atoms with Crippen LogP contribution in [0.2, 0.25) is 0 Å². The first kappa shape index (κ1) is 9.77. The van der Waals surface area contributed by atoms with Crippen LogP contribution in [-0.2, 0) is 7.05 Å². The minimum atomic E-state index is 0.729. The summed E-state index contributed by atoms with van der Waals surface area (Å²) >= 11 is 0. The molecule has 15 heavy (non-hydrogen) atoms. The fraction of sp³-hybridized carbons (Fsp3) is 0.250. The third kappa shape index (κ3) is 1.40. The molecule has 78 valence electrons. The summed E-state index contributed by atoms with van der Waals surface area (Å²) in [5, 5.41) is 1.01. The Hall–Kier alpha value is -1.77. The summed E-state index contributed by atoms with van der Waals surface area (Å²) in [5.74, 6) is 0.818. The molecule has 0 saturated carbocycles. The number of hydrogen-bond acceptors (Lipinski definition) is 2. The lowest BCUT2D eigenvalue weighted by Crippen LogP contribution is -1.88. The van der Waals surface area contributed by atoms with Crippen molar-refractivity contribution in [1.29, 1.82) is 0 Å². The Balaban J connectivity index is 2.86. The predicted octanol–water partition coefficient (Wildman–Crippen LogP) is 2.31. The Morgan fingerprint density at radius 3 is 2.73 bits per heavy atom. The van der Waals surface area contributed by atoms with E-state index in [1.807, 2.05) is 36.9 Å². The second kappa shape index (κ2) is 3.42. The quantitative estimate of drug-likeness (QED) is 0.701. The molecule has 0 saturated heterocycles. The highest BCUT2D eigenvalue weighted by molar-refractivity contribution is 6.00. The van der Waals surface area contributed by atoms with E-state index in [1.54, 1.807) is 7.11 Å². The van der Waals surface area contributed by atoms with E-state index >= 15 is 0 Å². The molecular weight excluding hydrogens is 190 g/mol. The third-order valence-corrected chi connectivity index (χ3v) is 2.65. The van der Waals surface area contributed by atoms with Crippen LogP contribution in [0.4, 0.5) is 0 Å². The lowest BCUT2D eigenvalue weighted by atomic mass is 10.1. The van der Waals surface area contributed by atoms with Gasteiger partial charge in [0.2, 0.25) is 0 Å². The first-order valence-corrected chi connectivity index (χ1v) is 4.76. The standard InChI is InChI=1S/C12H13NO2/c1-8-4-10(15-3)5-11-12(8)9(7-14)6-13(11)2/h4-7H,1-3H3. The summed E-state index contributed by atoms with van der Waals surface area (Å²) in [4.78, 5) is 10.9. The molecule has 0 aliphatic rings. The van der Waals surface area contributed by atoms with Crippen LogP contribution in [-0.4, -0.2) is 18.0 Å².